The first-order chi connectivity index (χ1) is 16.1. The lowest BCUT2D eigenvalue weighted by atomic mass is 10.0. The predicted molar refractivity (Wildman–Crippen MR) is 106 cm³/mol. The van der Waals surface area contributed by atoms with Crippen LogP contribution in [0.2, 0.25) is 0 Å². The van der Waals surface area contributed by atoms with Gasteiger partial charge >= 0.3 is 18.3 Å². The molecule has 0 bridgehead atoms. The Bertz CT molecular complexity index is 1440. The van der Waals surface area contributed by atoms with E-state index in [1.807, 2.05) is 18.2 Å². The summed E-state index contributed by atoms with van der Waals surface area (Å²) >= 11 is 0. The Kier molecular flexibility index (Phi) is 4.28. The highest BCUT2D eigenvalue weighted by molar-refractivity contribution is 5.90. The Morgan fingerprint density at radius 3 is 2.88 bits per heavy atom. The number of halogens is 2. The highest BCUT2D eigenvalue weighted by Crippen LogP contribution is 2.35. The van der Waals surface area contributed by atoms with Crippen LogP contribution >= 0.6 is 0 Å². The number of nitrogens with one attached hydrogen (secondary N) is 1. The van der Waals surface area contributed by atoms with Gasteiger partial charge in [-0.15, -0.1) is 10.2 Å². The zero-order valence-electron chi connectivity index (χ0n) is 16.7. The Morgan fingerprint density at radius 2 is 2.06 bits per heavy atom. The van der Waals surface area contributed by atoms with Crippen LogP contribution in [0.1, 0.15) is 40.6 Å². The zero-order valence-corrected chi connectivity index (χ0v) is 16.7. The summed E-state index contributed by atoms with van der Waals surface area (Å²) in [4.78, 5) is 26.9. The third kappa shape index (κ3) is 3.16. The van der Waals surface area contributed by atoms with Gasteiger partial charge < -0.3 is 18.7 Å². The number of aromatic nitrogens is 7. The molecule has 1 aromatic carbocycles. The monoisotopic (exact) mass is 452 g/mol. The summed E-state index contributed by atoms with van der Waals surface area (Å²) in [6.07, 6.45) is 3.16. The van der Waals surface area contributed by atoms with Gasteiger partial charge in [0.25, 0.3) is 5.89 Å². The molecule has 0 saturated carbocycles. The van der Waals surface area contributed by atoms with Crippen LogP contribution in [0.25, 0.3) is 22.7 Å². The number of amides is 1. The number of aromatic amines is 1. The number of para-hydroxylation sites is 2. The van der Waals surface area contributed by atoms with E-state index in [2.05, 4.69) is 30.2 Å². The molecule has 0 aliphatic carbocycles. The molecule has 1 atom stereocenters. The minimum absolute atomic E-state index is 0.0329. The molecular formula is C20H14F2N8O3. The summed E-state index contributed by atoms with van der Waals surface area (Å²) in [6.45, 7) is -2.49. The third-order valence-corrected chi connectivity index (χ3v) is 5.37. The van der Waals surface area contributed by atoms with Gasteiger partial charge in [-0.1, -0.05) is 12.1 Å². The van der Waals surface area contributed by atoms with E-state index < -0.39 is 18.5 Å². The number of alkyl halides is 2. The first-order valence-electron chi connectivity index (χ1n) is 9.94. The average Bonchev–Trinajstić information content (AvgIpc) is 3.61. The Labute approximate surface area is 183 Å². The summed E-state index contributed by atoms with van der Waals surface area (Å²) in [7, 11) is 0. The number of benzene rings is 1. The second kappa shape index (κ2) is 7.32. The van der Waals surface area contributed by atoms with E-state index >= 15 is 0 Å². The van der Waals surface area contributed by atoms with E-state index in [0.29, 0.717) is 40.3 Å². The van der Waals surface area contributed by atoms with E-state index in [1.165, 1.54) is 11.0 Å². The van der Waals surface area contributed by atoms with Crippen LogP contribution in [0.5, 0.6) is 0 Å². The first kappa shape index (κ1) is 19.3. The molecule has 0 radical (unpaired) electrons. The van der Waals surface area contributed by atoms with Crippen molar-refractivity contribution in [3.63, 3.8) is 0 Å². The van der Waals surface area contributed by atoms with Crippen LogP contribution in [0.3, 0.4) is 0 Å². The number of H-pyrrole nitrogens is 1. The SMILES string of the molecule is O=C(c1nnc(-c2ccn(C(F)F)n2)o1)N1CCc2[nH]cnc2[C@H]1c1nc2ccccc2o1. The van der Waals surface area contributed by atoms with Crippen LogP contribution in [0, 0.1) is 0 Å². The molecule has 11 nitrogen and oxygen atoms in total. The normalized spacial score (nSPS) is 16.0. The van der Waals surface area contributed by atoms with Crippen molar-refractivity contribution in [1.82, 2.24) is 39.8 Å². The molecule has 1 amide bonds. The Balaban J connectivity index is 1.36. The Hall–Kier alpha value is -4.42. The first-order valence-corrected chi connectivity index (χ1v) is 9.94. The van der Waals surface area contributed by atoms with Crippen LogP contribution < -0.4 is 0 Å². The van der Waals surface area contributed by atoms with Crippen molar-refractivity contribution in [3.05, 3.63) is 66.0 Å². The molecule has 1 aliphatic heterocycles. The minimum Gasteiger partial charge on any atom is -0.438 e. The summed E-state index contributed by atoms with van der Waals surface area (Å²) in [5.41, 5.74) is 2.74. The molecule has 33 heavy (non-hydrogen) atoms. The lowest BCUT2D eigenvalue weighted by molar-refractivity contribution is 0.0566. The topological polar surface area (TPSA) is 132 Å². The predicted octanol–water partition coefficient (Wildman–Crippen LogP) is 2.98. The summed E-state index contributed by atoms with van der Waals surface area (Å²) < 4.78 is 37.5. The van der Waals surface area contributed by atoms with Gasteiger partial charge in [0, 0.05) is 24.9 Å². The highest BCUT2D eigenvalue weighted by atomic mass is 19.3. The molecule has 13 heteroatoms. The molecule has 166 valence electrons. The largest absolute Gasteiger partial charge is 0.438 e. The quantitative estimate of drug-likeness (QED) is 0.440. The maximum Gasteiger partial charge on any atom is 0.333 e. The van der Waals surface area contributed by atoms with Crippen molar-refractivity contribution < 1.29 is 22.4 Å². The van der Waals surface area contributed by atoms with E-state index in [4.69, 9.17) is 8.83 Å². The minimum atomic E-state index is -2.81. The second-order valence-corrected chi connectivity index (χ2v) is 7.31. The number of hydrogen-bond donors (Lipinski definition) is 1. The molecule has 1 N–H and O–H groups in total. The van der Waals surface area contributed by atoms with Crippen LogP contribution in [-0.2, 0) is 6.42 Å². The van der Waals surface area contributed by atoms with Crippen molar-refractivity contribution in [3.8, 4) is 11.6 Å². The molecular weight excluding hydrogens is 438 g/mol. The second-order valence-electron chi connectivity index (χ2n) is 7.31. The van der Waals surface area contributed by atoms with Gasteiger partial charge in [0.05, 0.1) is 12.0 Å². The van der Waals surface area contributed by atoms with E-state index in [1.54, 1.807) is 12.4 Å². The number of imidazole rings is 1. The van der Waals surface area contributed by atoms with Crippen LogP contribution in [0.15, 0.2) is 51.7 Å². The van der Waals surface area contributed by atoms with Crippen molar-refractivity contribution in [1.29, 1.82) is 0 Å². The van der Waals surface area contributed by atoms with Gasteiger partial charge in [0.2, 0.25) is 5.89 Å². The number of nitrogens with zero attached hydrogens (tertiary/aromatic N) is 7. The fourth-order valence-electron chi connectivity index (χ4n) is 3.85. The summed E-state index contributed by atoms with van der Waals surface area (Å²) in [5.74, 6) is -0.721. The van der Waals surface area contributed by atoms with E-state index in [9.17, 15) is 13.6 Å². The molecule has 0 fully saturated rings. The average molecular weight is 452 g/mol. The maximum absolute atomic E-state index is 13.4. The lowest BCUT2D eigenvalue weighted by Gasteiger charge is -2.31. The summed E-state index contributed by atoms with van der Waals surface area (Å²) in [5, 5.41) is 11.3. The van der Waals surface area contributed by atoms with Gasteiger partial charge in [-0.3, -0.25) is 4.79 Å². The fraction of sp³-hybridized carbons (Fsp3) is 0.200. The maximum atomic E-state index is 13.4. The van der Waals surface area contributed by atoms with Crippen molar-refractivity contribution in [2.45, 2.75) is 19.0 Å². The van der Waals surface area contributed by atoms with Crippen molar-refractivity contribution >= 4 is 17.0 Å². The van der Waals surface area contributed by atoms with Crippen LogP contribution in [0.4, 0.5) is 8.78 Å². The molecule has 5 heterocycles. The number of carbonyl (C=O) groups excluding carboxylic acids is 1. The van der Waals surface area contributed by atoms with Gasteiger partial charge in [-0.25, -0.2) is 14.6 Å². The summed E-state index contributed by atoms with van der Waals surface area (Å²) in [6, 6.07) is 7.85. The van der Waals surface area contributed by atoms with Gasteiger partial charge in [0.1, 0.15) is 11.2 Å². The van der Waals surface area contributed by atoms with Crippen molar-refractivity contribution in [2.75, 3.05) is 6.54 Å². The highest BCUT2D eigenvalue weighted by Gasteiger charge is 2.39. The molecule has 6 rings (SSSR count). The fourth-order valence-corrected chi connectivity index (χ4v) is 3.85. The molecule has 0 spiro atoms. The molecule has 0 saturated heterocycles. The van der Waals surface area contributed by atoms with Gasteiger partial charge in [-0.2, -0.15) is 13.9 Å². The molecule has 0 unspecified atom stereocenters. The molecule has 5 aromatic rings. The lowest BCUT2D eigenvalue weighted by Crippen LogP contribution is -2.41. The molecule has 1 aliphatic rings. The number of carbonyl (C=O) groups is 1. The number of rotatable bonds is 4. The van der Waals surface area contributed by atoms with Gasteiger partial charge in [-0.05, 0) is 18.2 Å². The standard InChI is InChI=1S/C20H14F2N8O3/c21-20(22)30-8-6-12(28-30)16-26-27-18(33-16)19(31)29-7-5-11-14(24-9-23-11)15(29)17-25-10-3-1-2-4-13(10)32-17/h1-4,6,8-9,15,20H,5,7H2,(H,23,24)/t15-/m0/s1. The van der Waals surface area contributed by atoms with Gasteiger partial charge in [0.15, 0.2) is 11.6 Å². The number of hydrogen-bond acceptors (Lipinski definition) is 8. The molecule has 4 aromatic heterocycles. The Morgan fingerprint density at radius 1 is 1.18 bits per heavy atom. The number of oxazole rings is 1. The van der Waals surface area contributed by atoms with Crippen molar-refractivity contribution in [2.24, 2.45) is 0 Å². The zero-order chi connectivity index (χ0) is 22.5. The van der Waals surface area contributed by atoms with E-state index in [0.717, 1.165) is 11.9 Å². The van der Waals surface area contributed by atoms with E-state index in [-0.39, 0.29) is 17.5 Å². The smallest absolute Gasteiger partial charge is 0.333 e. The third-order valence-electron chi connectivity index (χ3n) is 5.37. The number of fused-ring (bicyclic) bond motifs is 2. The van der Waals surface area contributed by atoms with Crippen LogP contribution in [-0.4, -0.2) is 52.3 Å².